The third-order valence-electron chi connectivity index (χ3n) is 12.1. The predicted octanol–water partition coefficient (Wildman–Crippen LogP) is -2.05. The largest absolute Gasteiger partial charge is 0.507 e. The summed E-state index contributed by atoms with van der Waals surface area (Å²) in [6.45, 7) is -0.399. The van der Waals surface area contributed by atoms with Crippen molar-refractivity contribution in [2.75, 3.05) is 6.61 Å². The van der Waals surface area contributed by atoms with Crippen molar-refractivity contribution < 1.29 is 89.1 Å². The Kier molecular flexibility index (Phi) is 12.1. The van der Waals surface area contributed by atoms with Gasteiger partial charge in [0.2, 0.25) is 6.29 Å². The Morgan fingerprint density at radius 2 is 1.64 bits per heavy atom. The van der Waals surface area contributed by atoms with Crippen LogP contribution in [0.15, 0.2) is 69.2 Å². The standard InChI is InChI=1S/C42H47N3O19/c43-26-6-5-16(14-44-26)19-11-25(45-18-3-1-2-4-18)42(38(56)34(54)33(53)37(64-42)40(59)62-41-35(55)31(51)32(52)36(61-41)39(57)58)63-24-13-23-28(30(50)27(19)24)20(47)12-22(60-23)17-9-15(7-8-46)29(49)21(48)10-17/h5-6,9-14,18-19,26,31-38,41,44-46,48-56H,1-4,7-8,43H2,(H,57,58)/t19-,26?,31-,32-,33-,34-,35+,36-,37-,38+,41+,42-/m0/s1. The number of allylic oxidation sites excluding steroid dienone is 3. The van der Waals surface area contributed by atoms with Crippen molar-refractivity contribution in [2.45, 2.75) is 111 Å². The van der Waals surface area contributed by atoms with Crippen LogP contribution in [0, 0.1) is 0 Å². The van der Waals surface area contributed by atoms with Gasteiger partial charge in [0.15, 0.2) is 35.2 Å². The molecule has 22 nitrogen and oxygen atoms in total. The first kappa shape index (κ1) is 44.8. The molecule has 4 aliphatic heterocycles. The molecular weight excluding hydrogens is 850 g/mol. The van der Waals surface area contributed by atoms with E-state index < -0.39 is 114 Å². The molecule has 2 saturated heterocycles. The first-order valence-corrected chi connectivity index (χ1v) is 20.4. The van der Waals surface area contributed by atoms with Crippen molar-refractivity contribution in [3.05, 3.63) is 81.3 Å². The van der Waals surface area contributed by atoms with Crippen LogP contribution in [0.1, 0.15) is 42.7 Å². The van der Waals surface area contributed by atoms with E-state index in [-0.39, 0.29) is 57.3 Å². The molecule has 22 heteroatoms. The highest BCUT2D eigenvalue weighted by Crippen LogP contribution is 2.51. The average molecular weight is 898 g/mol. The van der Waals surface area contributed by atoms with Crippen LogP contribution in [0.4, 0.5) is 0 Å². The maximum absolute atomic E-state index is 14.0. The molecule has 5 heterocycles. The Bertz CT molecular complexity index is 2480. The van der Waals surface area contributed by atoms with Crippen LogP contribution in [-0.4, -0.2) is 148 Å². The van der Waals surface area contributed by atoms with Gasteiger partial charge in [-0.1, -0.05) is 18.9 Å². The summed E-state index contributed by atoms with van der Waals surface area (Å²) in [6.07, 6.45) is -12.0. The van der Waals surface area contributed by atoms with E-state index >= 15 is 0 Å². The number of aliphatic hydroxyl groups excluding tert-OH is 7. The van der Waals surface area contributed by atoms with Gasteiger partial charge in [0.1, 0.15) is 58.7 Å². The van der Waals surface area contributed by atoms with Gasteiger partial charge in [-0.3, -0.25) is 4.79 Å². The highest BCUT2D eigenvalue weighted by atomic mass is 16.8. The number of aliphatic carboxylic acids is 1. The van der Waals surface area contributed by atoms with E-state index in [0.29, 0.717) is 18.4 Å². The second-order valence-corrected chi connectivity index (χ2v) is 16.2. The lowest BCUT2D eigenvalue weighted by molar-refractivity contribution is -0.326. The number of rotatable bonds is 9. The quantitative estimate of drug-likeness (QED) is 0.0811. The molecule has 0 amide bonds. The van der Waals surface area contributed by atoms with Gasteiger partial charge in [0.25, 0.3) is 5.79 Å². The first-order chi connectivity index (χ1) is 30.4. The second-order valence-electron chi connectivity index (χ2n) is 16.2. The molecule has 1 aromatic heterocycles. The molecule has 3 aromatic rings. The molecule has 0 radical (unpaired) electrons. The summed E-state index contributed by atoms with van der Waals surface area (Å²) in [6, 6.07) is 4.35. The van der Waals surface area contributed by atoms with Gasteiger partial charge >= 0.3 is 11.9 Å². The van der Waals surface area contributed by atoms with E-state index in [0.717, 1.165) is 25.0 Å². The number of dihydropyridines is 1. The van der Waals surface area contributed by atoms with Gasteiger partial charge in [-0.25, -0.2) is 9.59 Å². The van der Waals surface area contributed by atoms with Crippen molar-refractivity contribution in [1.82, 2.24) is 10.6 Å². The number of hydrogen-bond acceptors (Lipinski definition) is 21. The SMILES string of the molecule is NC1C=CC([C@@H]2C=C(NC3CCCC3)[C@]3(Oc4cc5oc(-c6cc(O)c(O)c(CCO)c6)cc(=O)c5c(O)c42)O[C@H](C(=O)O[C@H]2O[C@H](C(=O)O)[C@@H](O)[C@H](O)[C@H]2O)[C@@H](O)[C@H](O)[C@H]3O)=CN1. The predicted molar refractivity (Wildman–Crippen MR) is 215 cm³/mol. The van der Waals surface area contributed by atoms with Gasteiger partial charge in [-0.15, -0.1) is 0 Å². The number of nitrogens with two attached hydrogens (primary N) is 1. The molecule has 64 heavy (non-hydrogen) atoms. The number of carboxylic acids is 1. The van der Waals surface area contributed by atoms with Crippen LogP contribution >= 0.6 is 0 Å². The number of phenolic OH excluding ortho intramolecular Hbond substituents is 3. The minimum atomic E-state index is -2.75. The van der Waals surface area contributed by atoms with Crippen molar-refractivity contribution in [3.8, 4) is 34.3 Å². The van der Waals surface area contributed by atoms with E-state index in [1.807, 2.05) is 0 Å². The fraction of sp³-hybridized carbons (Fsp3) is 0.452. The smallest absolute Gasteiger partial charge is 0.340 e. The zero-order chi connectivity index (χ0) is 45.9. The van der Waals surface area contributed by atoms with Crippen LogP contribution in [-0.2, 0) is 30.2 Å². The maximum Gasteiger partial charge on any atom is 0.340 e. The highest BCUT2D eigenvalue weighted by molar-refractivity contribution is 5.89. The molecule has 1 spiro atoms. The molecule has 0 bridgehead atoms. The van der Waals surface area contributed by atoms with Crippen LogP contribution in [0.3, 0.4) is 0 Å². The molecule has 15 N–H and O–H groups in total. The fourth-order valence-corrected chi connectivity index (χ4v) is 8.69. The molecule has 344 valence electrons. The first-order valence-electron chi connectivity index (χ1n) is 20.4. The zero-order valence-electron chi connectivity index (χ0n) is 33.6. The summed E-state index contributed by atoms with van der Waals surface area (Å²) in [5, 5.41) is 124. The Morgan fingerprint density at radius 1 is 0.922 bits per heavy atom. The van der Waals surface area contributed by atoms with Gasteiger partial charge < -0.3 is 95.9 Å². The Hall–Kier alpha value is -5.79. The number of ether oxygens (including phenoxy) is 4. The monoisotopic (exact) mass is 897 g/mol. The third kappa shape index (κ3) is 7.80. The summed E-state index contributed by atoms with van der Waals surface area (Å²) in [5.41, 5.74) is 5.30. The van der Waals surface area contributed by atoms with Gasteiger partial charge in [0.05, 0.1) is 11.9 Å². The number of fused-ring (bicyclic) bond motifs is 2. The molecule has 8 rings (SSSR count). The maximum atomic E-state index is 14.0. The number of carboxylic acid groups (broad SMARTS) is 1. The number of hydrogen-bond donors (Lipinski definition) is 14. The van der Waals surface area contributed by atoms with Gasteiger partial charge in [0, 0.05) is 53.6 Å². The van der Waals surface area contributed by atoms with E-state index in [1.54, 1.807) is 12.2 Å². The van der Waals surface area contributed by atoms with Crippen molar-refractivity contribution >= 4 is 22.9 Å². The third-order valence-corrected chi connectivity index (χ3v) is 12.1. The Morgan fingerprint density at radius 3 is 2.31 bits per heavy atom. The summed E-state index contributed by atoms with van der Waals surface area (Å²) >= 11 is 0. The molecule has 1 saturated carbocycles. The molecular formula is C42H47N3O19. The van der Waals surface area contributed by atoms with Gasteiger partial charge in [-0.2, -0.15) is 0 Å². The molecule has 2 aromatic carbocycles. The van der Waals surface area contributed by atoms with E-state index in [1.165, 1.54) is 24.4 Å². The number of carbonyl (C=O) groups excluding carboxylic acids is 1. The summed E-state index contributed by atoms with van der Waals surface area (Å²) in [4.78, 5) is 39.8. The number of carbonyl (C=O) groups is 2. The summed E-state index contributed by atoms with van der Waals surface area (Å²) < 4.78 is 29.3. The Balaban J connectivity index is 1.30. The van der Waals surface area contributed by atoms with E-state index in [2.05, 4.69) is 10.6 Å². The summed E-state index contributed by atoms with van der Waals surface area (Å²) in [5.74, 6) is -9.58. The normalized spacial score (nSPS) is 32.8. The van der Waals surface area contributed by atoms with Crippen molar-refractivity contribution in [1.29, 1.82) is 0 Å². The zero-order valence-corrected chi connectivity index (χ0v) is 33.6. The Labute approximate surface area is 361 Å². The molecule has 5 aliphatic rings. The van der Waals surface area contributed by atoms with Crippen LogP contribution in [0.2, 0.25) is 0 Å². The lowest BCUT2D eigenvalue weighted by Gasteiger charge is -2.48. The number of aromatic hydroxyl groups is 3. The molecule has 3 fully saturated rings. The van der Waals surface area contributed by atoms with Crippen molar-refractivity contribution in [3.63, 3.8) is 0 Å². The molecule has 12 atom stereocenters. The lowest BCUT2D eigenvalue weighted by Crippen LogP contribution is -2.70. The molecule has 1 aliphatic carbocycles. The van der Waals surface area contributed by atoms with E-state index in [9.17, 15) is 70.6 Å². The number of esters is 1. The topological polar surface area (TPSA) is 374 Å². The number of benzene rings is 2. The minimum absolute atomic E-state index is 0.0788. The molecule has 1 unspecified atom stereocenters. The minimum Gasteiger partial charge on any atom is -0.507 e. The van der Waals surface area contributed by atoms with Crippen LogP contribution in [0.5, 0.6) is 23.0 Å². The van der Waals surface area contributed by atoms with Gasteiger partial charge in [-0.05, 0) is 49.1 Å². The number of aliphatic hydroxyl groups is 7. The lowest BCUT2D eigenvalue weighted by atomic mass is 9.85. The average Bonchev–Trinajstić information content (AvgIpc) is 3.73. The number of nitrogens with one attached hydrogen (secondary N) is 2. The van der Waals surface area contributed by atoms with Crippen LogP contribution in [0.25, 0.3) is 22.3 Å². The number of phenols is 3. The van der Waals surface area contributed by atoms with Crippen LogP contribution < -0.4 is 26.5 Å². The second kappa shape index (κ2) is 17.3. The highest BCUT2D eigenvalue weighted by Gasteiger charge is 2.62. The fourth-order valence-electron chi connectivity index (χ4n) is 8.69. The van der Waals surface area contributed by atoms with Crippen molar-refractivity contribution in [2.24, 2.45) is 5.73 Å². The van der Waals surface area contributed by atoms with E-state index in [4.69, 9.17) is 29.1 Å². The summed E-state index contributed by atoms with van der Waals surface area (Å²) in [7, 11) is 0.